The van der Waals surface area contributed by atoms with Crippen LogP contribution in [-0.2, 0) is 22.7 Å². The van der Waals surface area contributed by atoms with E-state index < -0.39 is 0 Å². The van der Waals surface area contributed by atoms with Gasteiger partial charge in [-0.2, -0.15) is 0 Å². The summed E-state index contributed by atoms with van der Waals surface area (Å²) in [6, 6.07) is 7.60. The normalized spacial score (nSPS) is 10.6. The molecular formula is C15H18BrN3O3S. The number of hydrogen-bond acceptors (Lipinski definition) is 6. The van der Waals surface area contributed by atoms with Crippen LogP contribution in [0.2, 0.25) is 0 Å². The van der Waals surface area contributed by atoms with Crippen molar-refractivity contribution in [1.82, 2.24) is 14.8 Å². The quantitative estimate of drug-likeness (QED) is 0.501. The molecule has 0 aliphatic rings. The fourth-order valence-corrected chi connectivity index (χ4v) is 2.94. The van der Waals surface area contributed by atoms with Gasteiger partial charge in [0.15, 0.2) is 11.0 Å². The first-order chi connectivity index (χ1) is 11.1. The second kappa shape index (κ2) is 8.93. The lowest BCUT2D eigenvalue weighted by Crippen LogP contribution is -2.09. The van der Waals surface area contributed by atoms with E-state index in [1.165, 1.54) is 11.8 Å². The van der Waals surface area contributed by atoms with Crippen LogP contribution in [0.1, 0.15) is 19.7 Å². The van der Waals surface area contributed by atoms with E-state index >= 15 is 0 Å². The molecule has 1 aromatic heterocycles. The molecule has 2 rings (SSSR count). The summed E-state index contributed by atoms with van der Waals surface area (Å²) in [4.78, 5) is 11.4. The summed E-state index contributed by atoms with van der Waals surface area (Å²) < 4.78 is 13.6. The minimum atomic E-state index is -0.254. The summed E-state index contributed by atoms with van der Waals surface area (Å²) >= 11 is 4.70. The molecule has 124 valence electrons. The maximum Gasteiger partial charge on any atom is 0.316 e. The van der Waals surface area contributed by atoms with E-state index in [4.69, 9.17) is 9.47 Å². The highest BCUT2D eigenvalue weighted by atomic mass is 79.9. The first kappa shape index (κ1) is 17.8. The van der Waals surface area contributed by atoms with Gasteiger partial charge >= 0.3 is 5.97 Å². The van der Waals surface area contributed by atoms with Gasteiger partial charge in [0, 0.05) is 11.0 Å². The van der Waals surface area contributed by atoms with Crippen molar-refractivity contribution in [1.29, 1.82) is 0 Å². The molecule has 0 N–H and O–H groups in total. The number of esters is 1. The van der Waals surface area contributed by atoms with E-state index in [-0.39, 0.29) is 11.7 Å². The fraction of sp³-hybridized carbons (Fsp3) is 0.400. The number of halogens is 1. The van der Waals surface area contributed by atoms with Crippen LogP contribution in [-0.4, -0.2) is 33.1 Å². The number of nitrogens with zero attached hydrogens (tertiary/aromatic N) is 3. The SMILES string of the molecule is CCOC(=O)CSc1nnc(COc2ccc(Br)cc2)n1CC. The molecule has 1 aromatic carbocycles. The van der Waals surface area contributed by atoms with E-state index in [1.807, 2.05) is 35.8 Å². The van der Waals surface area contributed by atoms with Crippen molar-refractivity contribution in [2.24, 2.45) is 0 Å². The van der Waals surface area contributed by atoms with Gasteiger partial charge in [-0.1, -0.05) is 27.7 Å². The molecule has 0 unspecified atom stereocenters. The highest BCUT2D eigenvalue weighted by molar-refractivity contribution is 9.10. The molecule has 0 aliphatic heterocycles. The Labute approximate surface area is 147 Å². The van der Waals surface area contributed by atoms with Gasteiger partial charge in [0.1, 0.15) is 12.4 Å². The van der Waals surface area contributed by atoms with E-state index in [2.05, 4.69) is 26.1 Å². The molecule has 6 nitrogen and oxygen atoms in total. The third kappa shape index (κ3) is 5.24. The summed E-state index contributed by atoms with van der Waals surface area (Å²) in [7, 11) is 0. The summed E-state index contributed by atoms with van der Waals surface area (Å²) in [5.74, 6) is 1.46. The number of benzene rings is 1. The Morgan fingerprint density at radius 1 is 1.26 bits per heavy atom. The lowest BCUT2D eigenvalue weighted by Gasteiger charge is -2.08. The number of carbonyl (C=O) groups excluding carboxylic acids is 1. The molecular weight excluding hydrogens is 382 g/mol. The van der Waals surface area contributed by atoms with Crippen LogP contribution in [0.4, 0.5) is 0 Å². The standard InChI is InChI=1S/C15H18BrN3O3S/c1-3-19-13(9-22-12-7-5-11(16)6-8-12)17-18-15(19)23-10-14(20)21-4-2/h5-8H,3-4,9-10H2,1-2H3. The number of thioether (sulfide) groups is 1. The molecule has 0 spiro atoms. The highest BCUT2D eigenvalue weighted by Crippen LogP contribution is 2.20. The predicted octanol–water partition coefficient (Wildman–Crippen LogP) is 3.29. The van der Waals surface area contributed by atoms with Gasteiger partial charge in [0.05, 0.1) is 12.4 Å². The van der Waals surface area contributed by atoms with Crippen molar-refractivity contribution in [3.05, 3.63) is 34.6 Å². The Morgan fingerprint density at radius 2 is 2.00 bits per heavy atom. The monoisotopic (exact) mass is 399 g/mol. The number of ether oxygens (including phenoxy) is 2. The molecule has 0 bridgehead atoms. The Hall–Kier alpha value is -1.54. The molecule has 0 aliphatic carbocycles. The minimum Gasteiger partial charge on any atom is -0.486 e. The fourth-order valence-electron chi connectivity index (χ4n) is 1.86. The topological polar surface area (TPSA) is 66.2 Å². The van der Waals surface area contributed by atoms with Crippen LogP contribution in [0.15, 0.2) is 33.9 Å². The molecule has 0 fully saturated rings. The maximum absolute atomic E-state index is 11.4. The van der Waals surface area contributed by atoms with Crippen molar-refractivity contribution < 1.29 is 14.3 Å². The summed E-state index contributed by atoms with van der Waals surface area (Å²) in [5.41, 5.74) is 0. The largest absolute Gasteiger partial charge is 0.486 e. The van der Waals surface area contributed by atoms with Crippen molar-refractivity contribution >= 4 is 33.7 Å². The Balaban J connectivity index is 1.97. The second-order valence-corrected chi connectivity index (χ2v) is 6.34. The third-order valence-corrected chi connectivity index (χ3v) is 4.38. The zero-order valence-corrected chi connectivity index (χ0v) is 15.4. The van der Waals surface area contributed by atoms with E-state index in [1.54, 1.807) is 6.92 Å². The van der Waals surface area contributed by atoms with Crippen molar-refractivity contribution in [3.63, 3.8) is 0 Å². The minimum absolute atomic E-state index is 0.222. The van der Waals surface area contributed by atoms with Crippen molar-refractivity contribution in [2.75, 3.05) is 12.4 Å². The van der Waals surface area contributed by atoms with Gasteiger partial charge in [0.2, 0.25) is 0 Å². The molecule has 8 heteroatoms. The summed E-state index contributed by atoms with van der Waals surface area (Å²) in [6.07, 6.45) is 0. The van der Waals surface area contributed by atoms with Crippen LogP contribution >= 0.6 is 27.7 Å². The van der Waals surface area contributed by atoms with Gasteiger partial charge in [-0.15, -0.1) is 10.2 Å². The Morgan fingerprint density at radius 3 is 2.65 bits per heavy atom. The number of aromatic nitrogens is 3. The summed E-state index contributed by atoms with van der Waals surface area (Å²) in [5, 5.41) is 8.97. The Kier molecular flexibility index (Phi) is 6.91. The van der Waals surface area contributed by atoms with Crippen LogP contribution in [0, 0.1) is 0 Å². The molecule has 23 heavy (non-hydrogen) atoms. The molecule has 2 aromatic rings. The Bertz CT molecular complexity index is 646. The maximum atomic E-state index is 11.4. The average Bonchev–Trinajstić information content (AvgIpc) is 2.94. The van der Waals surface area contributed by atoms with Crippen molar-refractivity contribution in [2.45, 2.75) is 32.2 Å². The molecule has 1 heterocycles. The van der Waals surface area contributed by atoms with Crippen LogP contribution < -0.4 is 4.74 Å². The smallest absolute Gasteiger partial charge is 0.316 e. The lowest BCUT2D eigenvalue weighted by molar-refractivity contribution is -0.139. The van der Waals surface area contributed by atoms with Crippen LogP contribution in [0.5, 0.6) is 5.75 Å². The van der Waals surface area contributed by atoms with Gasteiger partial charge in [0.25, 0.3) is 0 Å². The van der Waals surface area contributed by atoms with Crippen molar-refractivity contribution in [3.8, 4) is 5.75 Å². The van der Waals surface area contributed by atoms with Crippen LogP contribution in [0.25, 0.3) is 0 Å². The van der Waals surface area contributed by atoms with Gasteiger partial charge in [-0.3, -0.25) is 4.79 Å². The number of carbonyl (C=O) groups is 1. The van der Waals surface area contributed by atoms with E-state index in [0.29, 0.717) is 24.9 Å². The summed E-state index contributed by atoms with van der Waals surface area (Å²) in [6.45, 7) is 5.20. The number of hydrogen-bond donors (Lipinski definition) is 0. The van der Waals surface area contributed by atoms with Crippen LogP contribution in [0.3, 0.4) is 0 Å². The first-order valence-electron chi connectivity index (χ1n) is 7.22. The zero-order valence-electron chi connectivity index (χ0n) is 13.0. The van der Waals surface area contributed by atoms with Gasteiger partial charge in [-0.05, 0) is 38.1 Å². The molecule has 0 saturated carbocycles. The van der Waals surface area contributed by atoms with E-state index in [9.17, 15) is 4.79 Å². The molecule has 0 saturated heterocycles. The zero-order chi connectivity index (χ0) is 16.7. The number of rotatable bonds is 8. The third-order valence-electron chi connectivity index (χ3n) is 2.92. The van der Waals surface area contributed by atoms with E-state index in [0.717, 1.165) is 16.0 Å². The lowest BCUT2D eigenvalue weighted by atomic mass is 10.3. The predicted molar refractivity (Wildman–Crippen MR) is 91.5 cm³/mol. The molecule has 0 amide bonds. The molecule has 0 radical (unpaired) electrons. The van der Waals surface area contributed by atoms with Gasteiger partial charge < -0.3 is 14.0 Å². The first-order valence-corrected chi connectivity index (χ1v) is 9.00. The molecule has 0 atom stereocenters. The second-order valence-electron chi connectivity index (χ2n) is 4.48. The average molecular weight is 400 g/mol. The van der Waals surface area contributed by atoms with Gasteiger partial charge in [-0.25, -0.2) is 0 Å². The highest BCUT2D eigenvalue weighted by Gasteiger charge is 2.14.